The molecule has 0 unspecified atom stereocenters. The van der Waals surface area contributed by atoms with Gasteiger partial charge in [-0.1, -0.05) is 243 Å². The molecule has 396 valence electrons. The van der Waals surface area contributed by atoms with Crippen LogP contribution in [0.5, 0.6) is 0 Å². The second-order valence-electron chi connectivity index (χ2n) is 23.9. The van der Waals surface area contributed by atoms with Crippen molar-refractivity contribution in [3.8, 4) is 55.6 Å². The van der Waals surface area contributed by atoms with Crippen LogP contribution in [0.1, 0.15) is 22.3 Å². The standard InChI is InChI=1S/C83H51BN2/c1-3-17-52(18-4-1)54-31-38-64(39-32-54)85-78-50-63(60-35-42-75-71(49-60)68-27-13-16-30-74(68)83(75)72-28-14-11-25-66(72)67-26-12-15-29-73(67)83)51-79-80(78)84(76-43-36-61-45-56-21-7-9-23-58(56)47-69(61)81(76)85)77-44-37-62-46-57-22-8-10-24-59(57)48-70(62)82(77)86(79)65-40-33-55(34-41-65)53-19-5-2-6-20-53/h1-51H. The Hall–Kier alpha value is -11.0. The first-order chi connectivity index (χ1) is 42.6. The normalized spacial score (nSPS) is 13.6. The van der Waals surface area contributed by atoms with Gasteiger partial charge in [0.25, 0.3) is 6.71 Å². The lowest BCUT2D eigenvalue weighted by Gasteiger charge is -2.45. The van der Waals surface area contributed by atoms with E-state index in [1.54, 1.807) is 0 Å². The second kappa shape index (κ2) is 18.0. The van der Waals surface area contributed by atoms with Crippen molar-refractivity contribution in [3.63, 3.8) is 0 Å². The number of benzene rings is 15. The average molecular weight is 1090 g/mol. The van der Waals surface area contributed by atoms with Crippen LogP contribution in [0, 0.1) is 0 Å². The molecule has 0 atom stereocenters. The van der Waals surface area contributed by atoms with Gasteiger partial charge in [-0.25, -0.2) is 0 Å². The fourth-order valence-electron chi connectivity index (χ4n) is 15.9. The van der Waals surface area contributed by atoms with Crippen LogP contribution in [0.4, 0.5) is 34.1 Å². The smallest absolute Gasteiger partial charge is 0.252 e. The Morgan fingerprint density at radius 2 is 0.616 bits per heavy atom. The van der Waals surface area contributed by atoms with E-state index in [1.165, 1.54) is 155 Å². The Morgan fingerprint density at radius 1 is 0.244 bits per heavy atom. The summed E-state index contributed by atoms with van der Waals surface area (Å²) in [5, 5.41) is 9.82. The van der Waals surface area contributed by atoms with E-state index >= 15 is 0 Å². The first kappa shape index (κ1) is 47.5. The number of fused-ring (bicyclic) bond motifs is 20. The minimum atomic E-state index is -0.442. The van der Waals surface area contributed by atoms with Gasteiger partial charge in [0.15, 0.2) is 0 Å². The molecule has 19 rings (SSSR count). The van der Waals surface area contributed by atoms with Gasteiger partial charge in [-0.2, -0.15) is 0 Å². The van der Waals surface area contributed by atoms with E-state index in [0.29, 0.717) is 0 Å². The maximum atomic E-state index is 2.63. The van der Waals surface area contributed by atoms with E-state index in [0.717, 1.165) is 16.9 Å². The summed E-state index contributed by atoms with van der Waals surface area (Å²) in [4.78, 5) is 5.25. The summed E-state index contributed by atoms with van der Waals surface area (Å²) in [5.74, 6) is 0. The lowest BCUT2D eigenvalue weighted by atomic mass is 9.33. The van der Waals surface area contributed by atoms with Crippen LogP contribution in [0.2, 0.25) is 0 Å². The Morgan fingerprint density at radius 3 is 1.08 bits per heavy atom. The third kappa shape index (κ3) is 6.63. The quantitative estimate of drug-likeness (QED) is 0.125. The highest BCUT2D eigenvalue weighted by molar-refractivity contribution is 7.00. The Bertz CT molecular complexity index is 5080. The first-order valence-electron chi connectivity index (χ1n) is 30.1. The molecule has 0 fully saturated rings. The van der Waals surface area contributed by atoms with Gasteiger partial charge in [-0.15, -0.1) is 0 Å². The summed E-state index contributed by atoms with van der Waals surface area (Å²) in [6.07, 6.45) is 0. The highest BCUT2D eigenvalue weighted by Crippen LogP contribution is 2.63. The highest BCUT2D eigenvalue weighted by atomic mass is 15.2. The molecule has 0 radical (unpaired) electrons. The summed E-state index contributed by atoms with van der Waals surface area (Å²) >= 11 is 0. The molecule has 2 heterocycles. The molecule has 3 heteroatoms. The number of hydrogen-bond donors (Lipinski definition) is 0. The minimum Gasteiger partial charge on any atom is -0.311 e. The van der Waals surface area contributed by atoms with Gasteiger partial charge in [0.05, 0.1) is 5.41 Å². The van der Waals surface area contributed by atoms with Crippen molar-refractivity contribution < 1.29 is 0 Å². The van der Waals surface area contributed by atoms with Crippen LogP contribution in [0.15, 0.2) is 309 Å². The van der Waals surface area contributed by atoms with E-state index in [1.807, 2.05) is 0 Å². The highest BCUT2D eigenvalue weighted by Gasteiger charge is 2.52. The van der Waals surface area contributed by atoms with Crippen LogP contribution in [-0.2, 0) is 5.41 Å². The Balaban J connectivity index is 0.928. The van der Waals surface area contributed by atoms with Crippen LogP contribution < -0.4 is 26.2 Å². The fraction of sp³-hybridized carbons (Fsp3) is 0.0120. The van der Waals surface area contributed by atoms with Crippen molar-refractivity contribution >= 4 is 100 Å². The predicted molar refractivity (Wildman–Crippen MR) is 363 cm³/mol. The molecule has 0 N–H and O–H groups in total. The van der Waals surface area contributed by atoms with Crippen LogP contribution in [0.25, 0.3) is 98.7 Å². The van der Waals surface area contributed by atoms with Gasteiger partial charge in [0.2, 0.25) is 0 Å². The molecule has 4 aliphatic rings. The summed E-state index contributed by atoms with van der Waals surface area (Å²) in [7, 11) is 0. The Labute approximate surface area is 499 Å². The SMILES string of the molecule is c1ccc(-c2ccc(N3c4cc(-c5ccc6c(c5)-c5ccccc5C65c6ccccc6-c6ccccc65)cc5c4B(c4ccc6cc7ccccc7cc6c43)c3ccc4cc6ccccc6cc4c3N5c3ccc(-c4ccccc4)cc3)cc2)cc1. The molecule has 0 saturated carbocycles. The number of nitrogens with zero attached hydrogens (tertiary/aromatic N) is 2. The molecule has 0 saturated heterocycles. The largest absolute Gasteiger partial charge is 0.311 e. The number of rotatable bonds is 5. The zero-order valence-corrected chi connectivity index (χ0v) is 46.9. The maximum Gasteiger partial charge on any atom is 0.252 e. The third-order valence-electron chi connectivity index (χ3n) is 19.5. The van der Waals surface area contributed by atoms with Gasteiger partial charge >= 0.3 is 0 Å². The van der Waals surface area contributed by atoms with E-state index in [-0.39, 0.29) is 6.71 Å². The van der Waals surface area contributed by atoms with Gasteiger partial charge in [-0.05, 0) is 193 Å². The first-order valence-corrected chi connectivity index (χ1v) is 30.1. The van der Waals surface area contributed by atoms with Crippen LogP contribution in [-0.4, -0.2) is 6.71 Å². The molecule has 2 nitrogen and oxygen atoms in total. The molecule has 15 aromatic carbocycles. The van der Waals surface area contributed by atoms with Crippen molar-refractivity contribution in [2.45, 2.75) is 5.41 Å². The molecular weight excluding hydrogens is 1040 g/mol. The topological polar surface area (TPSA) is 6.48 Å². The number of hydrogen-bond acceptors (Lipinski definition) is 2. The summed E-state index contributed by atoms with van der Waals surface area (Å²) in [6.45, 7) is -0.111. The second-order valence-corrected chi connectivity index (χ2v) is 23.9. The van der Waals surface area contributed by atoms with Crippen molar-refractivity contribution in [2.75, 3.05) is 9.80 Å². The summed E-state index contributed by atoms with van der Waals surface area (Å²) in [6, 6.07) is 117. The van der Waals surface area contributed by atoms with Gasteiger partial charge in [0, 0.05) is 44.9 Å². The Kier molecular flexibility index (Phi) is 9.94. The summed E-state index contributed by atoms with van der Waals surface area (Å²) < 4.78 is 0. The molecule has 1 spiro atoms. The average Bonchev–Trinajstić information content (AvgIpc) is 1.29. The van der Waals surface area contributed by atoms with Crippen LogP contribution >= 0.6 is 0 Å². The third-order valence-corrected chi connectivity index (χ3v) is 19.5. The van der Waals surface area contributed by atoms with Gasteiger partial charge < -0.3 is 9.80 Å². The lowest BCUT2D eigenvalue weighted by molar-refractivity contribution is 0.794. The zero-order chi connectivity index (χ0) is 56.2. The van der Waals surface area contributed by atoms with Crippen LogP contribution in [0.3, 0.4) is 0 Å². The molecule has 2 aliphatic heterocycles. The van der Waals surface area contributed by atoms with Crippen molar-refractivity contribution in [2.24, 2.45) is 0 Å². The van der Waals surface area contributed by atoms with E-state index in [4.69, 9.17) is 0 Å². The van der Waals surface area contributed by atoms with E-state index in [2.05, 4.69) is 319 Å². The molecule has 0 aromatic heterocycles. The van der Waals surface area contributed by atoms with E-state index < -0.39 is 5.41 Å². The predicted octanol–water partition coefficient (Wildman–Crippen LogP) is 19.7. The molecule has 86 heavy (non-hydrogen) atoms. The molecule has 15 aromatic rings. The molecule has 2 aliphatic carbocycles. The fourth-order valence-corrected chi connectivity index (χ4v) is 15.9. The monoisotopic (exact) mass is 1090 g/mol. The maximum absolute atomic E-state index is 2.63. The van der Waals surface area contributed by atoms with E-state index in [9.17, 15) is 0 Å². The summed E-state index contributed by atoms with van der Waals surface area (Å²) in [5.41, 5.74) is 28.1. The van der Waals surface area contributed by atoms with Crippen molar-refractivity contribution in [3.05, 3.63) is 332 Å². The lowest BCUT2D eigenvalue weighted by Crippen LogP contribution is -2.61. The molecule has 0 bridgehead atoms. The molecular formula is C83H51BN2. The van der Waals surface area contributed by atoms with Gasteiger partial charge in [0.1, 0.15) is 0 Å². The van der Waals surface area contributed by atoms with Gasteiger partial charge in [-0.3, -0.25) is 0 Å². The minimum absolute atomic E-state index is 0.111. The number of anilines is 6. The van der Waals surface area contributed by atoms with Crippen molar-refractivity contribution in [1.29, 1.82) is 0 Å². The molecule has 0 amide bonds. The van der Waals surface area contributed by atoms with Crippen molar-refractivity contribution in [1.82, 2.24) is 0 Å². The zero-order valence-electron chi connectivity index (χ0n) is 46.9.